The highest BCUT2D eigenvalue weighted by Gasteiger charge is 2.23. The van der Waals surface area contributed by atoms with Gasteiger partial charge < -0.3 is 5.11 Å². The number of carbonyl (C=O) groups is 1. The van der Waals surface area contributed by atoms with Crippen molar-refractivity contribution in [2.24, 2.45) is 0 Å². The van der Waals surface area contributed by atoms with Crippen LogP contribution in [0, 0.1) is 0 Å². The Kier molecular flexibility index (Phi) is 7.01. The molecule has 1 N–H and O–H groups in total. The second-order valence-electron chi connectivity index (χ2n) is 3.56. The Balaban J connectivity index is 4.12. The maximum atomic E-state index is 10.9. The van der Waals surface area contributed by atoms with Crippen molar-refractivity contribution < 1.29 is 9.90 Å². The highest BCUT2D eigenvalue weighted by Crippen LogP contribution is 2.11. The van der Waals surface area contributed by atoms with E-state index in [0.717, 1.165) is 12.2 Å². The van der Waals surface area contributed by atoms with E-state index in [4.69, 9.17) is 5.11 Å². The third-order valence-electron chi connectivity index (χ3n) is 2.60. The number of aliphatic carboxylic acids is 1. The van der Waals surface area contributed by atoms with Gasteiger partial charge >= 0.3 is 5.97 Å². The van der Waals surface area contributed by atoms with E-state index >= 15 is 0 Å². The summed E-state index contributed by atoms with van der Waals surface area (Å²) in [5.41, 5.74) is 0. The molecule has 0 aliphatic rings. The Bertz CT molecular complexity index is 176. The van der Waals surface area contributed by atoms with Gasteiger partial charge in [0.1, 0.15) is 6.04 Å². The largest absolute Gasteiger partial charge is 0.480 e. The first kappa shape index (κ1) is 13.8. The highest BCUT2D eigenvalue weighted by molar-refractivity contribution is 7.98. The van der Waals surface area contributed by atoms with Gasteiger partial charge in [-0.05, 0) is 38.8 Å². The molecule has 84 valence electrons. The zero-order valence-corrected chi connectivity index (χ0v) is 10.3. The topological polar surface area (TPSA) is 40.5 Å². The molecule has 0 aromatic rings. The van der Waals surface area contributed by atoms with Crippen LogP contribution in [-0.2, 0) is 4.79 Å². The van der Waals surface area contributed by atoms with Gasteiger partial charge in [0, 0.05) is 6.04 Å². The fourth-order valence-electron chi connectivity index (χ4n) is 1.44. The average molecular weight is 219 g/mol. The maximum absolute atomic E-state index is 10.9. The van der Waals surface area contributed by atoms with E-state index < -0.39 is 5.97 Å². The van der Waals surface area contributed by atoms with Gasteiger partial charge in [-0.25, -0.2) is 0 Å². The lowest BCUT2D eigenvalue weighted by Crippen LogP contribution is -2.43. The number of carboxylic acid groups (broad SMARTS) is 1. The molecule has 2 atom stereocenters. The van der Waals surface area contributed by atoms with Crippen LogP contribution in [0.5, 0.6) is 0 Å². The molecule has 0 spiro atoms. The summed E-state index contributed by atoms with van der Waals surface area (Å²) in [4.78, 5) is 12.9. The number of likely N-dealkylation sites (N-methyl/N-ethyl adjacent to an activating group) is 1. The average Bonchev–Trinajstić information content (AvgIpc) is 2.14. The van der Waals surface area contributed by atoms with E-state index in [1.165, 1.54) is 0 Å². The Labute approximate surface area is 90.9 Å². The number of thioether (sulfide) groups is 1. The van der Waals surface area contributed by atoms with E-state index in [2.05, 4.69) is 13.2 Å². The van der Waals surface area contributed by atoms with Crippen molar-refractivity contribution in [1.82, 2.24) is 4.90 Å². The SMILES string of the molecule is CCC(C(=O)O)N(C)C(C)CCSC. The molecule has 0 heterocycles. The number of nitrogens with zero attached hydrogens (tertiary/aromatic N) is 1. The molecule has 0 amide bonds. The maximum Gasteiger partial charge on any atom is 0.320 e. The third-order valence-corrected chi connectivity index (χ3v) is 3.24. The minimum atomic E-state index is -0.717. The van der Waals surface area contributed by atoms with Gasteiger partial charge in [-0.3, -0.25) is 9.69 Å². The summed E-state index contributed by atoms with van der Waals surface area (Å²) in [6.07, 6.45) is 3.78. The quantitative estimate of drug-likeness (QED) is 0.710. The van der Waals surface area contributed by atoms with Gasteiger partial charge in [-0.15, -0.1) is 0 Å². The lowest BCUT2D eigenvalue weighted by molar-refractivity contribution is -0.143. The van der Waals surface area contributed by atoms with Crippen LogP contribution < -0.4 is 0 Å². The molecule has 0 saturated carbocycles. The van der Waals surface area contributed by atoms with Crippen LogP contribution in [0.4, 0.5) is 0 Å². The van der Waals surface area contributed by atoms with Gasteiger partial charge in [0.2, 0.25) is 0 Å². The van der Waals surface area contributed by atoms with Crippen LogP contribution >= 0.6 is 11.8 Å². The van der Waals surface area contributed by atoms with E-state index in [0.29, 0.717) is 12.5 Å². The van der Waals surface area contributed by atoms with Crippen molar-refractivity contribution in [2.45, 2.75) is 38.8 Å². The fraction of sp³-hybridized carbons (Fsp3) is 0.900. The molecule has 0 aromatic carbocycles. The predicted octanol–water partition coefficient (Wildman–Crippen LogP) is 1.92. The van der Waals surface area contributed by atoms with Crippen LogP contribution in [0.15, 0.2) is 0 Å². The summed E-state index contributed by atoms with van der Waals surface area (Å²) in [5, 5.41) is 8.97. The fourth-order valence-corrected chi connectivity index (χ4v) is 2.01. The molecular formula is C10H21NO2S. The van der Waals surface area contributed by atoms with Crippen LogP contribution in [0.1, 0.15) is 26.7 Å². The number of hydrogen-bond donors (Lipinski definition) is 1. The molecular weight excluding hydrogens is 198 g/mol. The molecule has 0 aliphatic carbocycles. The van der Waals surface area contributed by atoms with Crippen molar-refractivity contribution in [1.29, 1.82) is 0 Å². The zero-order valence-electron chi connectivity index (χ0n) is 9.49. The standard InChI is InChI=1S/C10H21NO2S/c1-5-9(10(12)13)11(3)8(2)6-7-14-4/h8-9H,5-7H2,1-4H3,(H,12,13). The van der Waals surface area contributed by atoms with E-state index in [-0.39, 0.29) is 6.04 Å². The van der Waals surface area contributed by atoms with Gasteiger partial charge in [-0.1, -0.05) is 6.92 Å². The summed E-state index contributed by atoms with van der Waals surface area (Å²) in [6, 6.07) is -0.00430. The van der Waals surface area contributed by atoms with Crippen LogP contribution in [-0.4, -0.2) is 47.1 Å². The minimum absolute atomic E-state index is 0.337. The van der Waals surface area contributed by atoms with E-state index in [1.807, 2.05) is 18.9 Å². The first-order chi connectivity index (χ1) is 6.54. The first-order valence-corrected chi connectivity index (χ1v) is 6.37. The van der Waals surface area contributed by atoms with Gasteiger partial charge in [0.05, 0.1) is 0 Å². The minimum Gasteiger partial charge on any atom is -0.480 e. The number of carboxylic acids is 1. The van der Waals surface area contributed by atoms with Crippen molar-refractivity contribution >= 4 is 17.7 Å². The molecule has 3 nitrogen and oxygen atoms in total. The molecule has 2 unspecified atom stereocenters. The van der Waals surface area contributed by atoms with Crippen molar-refractivity contribution in [2.75, 3.05) is 19.1 Å². The van der Waals surface area contributed by atoms with Crippen LogP contribution in [0.25, 0.3) is 0 Å². The summed E-state index contributed by atoms with van der Waals surface area (Å²) in [7, 11) is 1.90. The number of rotatable bonds is 7. The van der Waals surface area contributed by atoms with Gasteiger partial charge in [0.15, 0.2) is 0 Å². The molecule has 0 radical (unpaired) electrons. The lowest BCUT2D eigenvalue weighted by atomic mass is 10.1. The van der Waals surface area contributed by atoms with Gasteiger partial charge in [-0.2, -0.15) is 11.8 Å². The molecule has 0 bridgehead atoms. The number of hydrogen-bond acceptors (Lipinski definition) is 3. The van der Waals surface area contributed by atoms with Crippen molar-refractivity contribution in [3.05, 3.63) is 0 Å². The van der Waals surface area contributed by atoms with Crippen LogP contribution in [0.2, 0.25) is 0 Å². The molecule has 0 aromatic heterocycles. The van der Waals surface area contributed by atoms with E-state index in [9.17, 15) is 4.79 Å². The molecule has 14 heavy (non-hydrogen) atoms. The van der Waals surface area contributed by atoms with Crippen molar-refractivity contribution in [3.63, 3.8) is 0 Å². The summed E-state index contributed by atoms with van der Waals surface area (Å²) >= 11 is 1.80. The molecule has 0 fully saturated rings. The predicted molar refractivity (Wildman–Crippen MR) is 61.9 cm³/mol. The summed E-state index contributed by atoms with van der Waals surface area (Å²) in [6.45, 7) is 4.00. The Hall–Kier alpha value is -0.220. The summed E-state index contributed by atoms with van der Waals surface area (Å²) < 4.78 is 0. The first-order valence-electron chi connectivity index (χ1n) is 4.98. The highest BCUT2D eigenvalue weighted by atomic mass is 32.2. The second kappa shape index (κ2) is 7.12. The summed E-state index contributed by atoms with van der Waals surface area (Å²) in [5.74, 6) is 0.368. The smallest absolute Gasteiger partial charge is 0.320 e. The second-order valence-corrected chi connectivity index (χ2v) is 4.54. The monoisotopic (exact) mass is 219 g/mol. The molecule has 0 saturated heterocycles. The van der Waals surface area contributed by atoms with Gasteiger partial charge in [0.25, 0.3) is 0 Å². The van der Waals surface area contributed by atoms with Crippen LogP contribution in [0.3, 0.4) is 0 Å². The Morgan fingerprint density at radius 1 is 1.57 bits per heavy atom. The molecule has 4 heteroatoms. The Morgan fingerprint density at radius 2 is 2.14 bits per heavy atom. The lowest BCUT2D eigenvalue weighted by Gasteiger charge is -2.29. The Morgan fingerprint density at radius 3 is 2.50 bits per heavy atom. The molecule has 0 aliphatic heterocycles. The van der Waals surface area contributed by atoms with E-state index in [1.54, 1.807) is 11.8 Å². The zero-order chi connectivity index (χ0) is 11.1. The normalized spacial score (nSPS) is 15.5. The third kappa shape index (κ3) is 4.33. The molecule has 0 rings (SSSR count). The van der Waals surface area contributed by atoms with Crippen molar-refractivity contribution in [3.8, 4) is 0 Å².